The number of hydrogen-bond acceptors (Lipinski definition) is 1. The van der Waals surface area contributed by atoms with Crippen LogP contribution in [-0.4, -0.2) is 9.55 Å². The molecule has 2 atom stereocenters. The first-order chi connectivity index (χ1) is 10.1. The number of fused-ring (bicyclic) bond motifs is 1. The highest BCUT2D eigenvalue weighted by Crippen LogP contribution is 2.35. The number of halogens is 3. The number of aromatic nitrogens is 2. The Morgan fingerprint density at radius 1 is 1.29 bits per heavy atom. The minimum atomic E-state index is -0.395. The van der Waals surface area contributed by atoms with E-state index in [2.05, 4.69) is 16.5 Å². The van der Waals surface area contributed by atoms with Crippen LogP contribution in [0.15, 0.2) is 12.1 Å². The average Bonchev–Trinajstić information content (AvgIpc) is 2.66. The van der Waals surface area contributed by atoms with Crippen LogP contribution in [0.1, 0.15) is 50.9 Å². The van der Waals surface area contributed by atoms with Crippen molar-refractivity contribution in [2.75, 3.05) is 0 Å². The van der Waals surface area contributed by atoms with E-state index in [0.717, 1.165) is 35.6 Å². The fourth-order valence-electron chi connectivity index (χ4n) is 3.37. The monoisotopic (exact) mass is 328 g/mol. The van der Waals surface area contributed by atoms with Crippen LogP contribution in [0.25, 0.3) is 11.0 Å². The first kappa shape index (κ1) is 15.1. The Balaban J connectivity index is 2.09. The molecular formula is C16H19Cl2FN2. The molecule has 5 heteroatoms. The zero-order valence-electron chi connectivity index (χ0n) is 12.1. The summed E-state index contributed by atoms with van der Waals surface area (Å²) in [5.74, 6) is 1.51. The van der Waals surface area contributed by atoms with Gasteiger partial charge in [-0.25, -0.2) is 9.37 Å². The lowest BCUT2D eigenvalue weighted by Gasteiger charge is -2.19. The zero-order chi connectivity index (χ0) is 15.0. The second-order valence-electron chi connectivity index (χ2n) is 6.05. The summed E-state index contributed by atoms with van der Waals surface area (Å²) in [7, 11) is 0. The van der Waals surface area contributed by atoms with Crippen molar-refractivity contribution in [3.63, 3.8) is 0 Å². The predicted molar refractivity (Wildman–Crippen MR) is 85.5 cm³/mol. The molecule has 2 unspecified atom stereocenters. The highest BCUT2D eigenvalue weighted by Gasteiger charge is 2.23. The van der Waals surface area contributed by atoms with Crippen molar-refractivity contribution < 1.29 is 4.39 Å². The van der Waals surface area contributed by atoms with Gasteiger partial charge in [0.1, 0.15) is 11.6 Å². The van der Waals surface area contributed by atoms with Crippen molar-refractivity contribution >= 4 is 34.2 Å². The maximum atomic E-state index is 13.8. The number of benzene rings is 1. The summed E-state index contributed by atoms with van der Waals surface area (Å²) in [6, 6.07) is 3.45. The molecule has 3 rings (SSSR count). The van der Waals surface area contributed by atoms with Crippen LogP contribution >= 0.6 is 23.2 Å². The summed E-state index contributed by atoms with van der Waals surface area (Å²) in [5, 5.41) is 0.114. The van der Waals surface area contributed by atoms with Crippen molar-refractivity contribution in [1.29, 1.82) is 0 Å². The van der Waals surface area contributed by atoms with Crippen molar-refractivity contribution in [1.82, 2.24) is 9.55 Å². The highest BCUT2D eigenvalue weighted by atomic mass is 35.5. The first-order valence-electron chi connectivity index (χ1n) is 7.52. The molecule has 2 nitrogen and oxygen atoms in total. The van der Waals surface area contributed by atoms with Gasteiger partial charge in [0.25, 0.3) is 0 Å². The minimum absolute atomic E-state index is 0.114. The lowest BCUT2D eigenvalue weighted by atomic mass is 10.0. The molecule has 114 valence electrons. The van der Waals surface area contributed by atoms with Gasteiger partial charge < -0.3 is 4.57 Å². The third-order valence-corrected chi connectivity index (χ3v) is 5.04. The Morgan fingerprint density at radius 3 is 2.86 bits per heavy atom. The molecule has 0 radical (unpaired) electrons. The zero-order valence-corrected chi connectivity index (χ0v) is 13.6. The molecule has 0 aliphatic heterocycles. The lowest BCUT2D eigenvalue weighted by Crippen LogP contribution is -2.11. The number of hydrogen-bond donors (Lipinski definition) is 0. The van der Waals surface area contributed by atoms with Gasteiger partial charge in [-0.1, -0.05) is 31.4 Å². The molecule has 0 amide bonds. The molecule has 1 aliphatic carbocycles. The quantitative estimate of drug-likeness (QED) is 0.510. The molecule has 1 aromatic carbocycles. The predicted octanol–water partition coefficient (Wildman–Crippen LogP) is 5.71. The summed E-state index contributed by atoms with van der Waals surface area (Å²) in [4.78, 5) is 4.54. The van der Waals surface area contributed by atoms with Gasteiger partial charge in [-0.2, -0.15) is 0 Å². The van der Waals surface area contributed by atoms with Gasteiger partial charge >= 0.3 is 0 Å². The summed E-state index contributed by atoms with van der Waals surface area (Å²) in [5.41, 5.74) is 1.54. The molecule has 0 saturated heterocycles. The van der Waals surface area contributed by atoms with Crippen molar-refractivity contribution in [3.8, 4) is 0 Å². The molecule has 1 aromatic heterocycles. The fraction of sp³-hybridized carbons (Fsp3) is 0.562. The highest BCUT2D eigenvalue weighted by molar-refractivity contribution is 6.31. The van der Waals surface area contributed by atoms with Gasteiger partial charge in [-0.3, -0.25) is 0 Å². The van der Waals surface area contributed by atoms with E-state index < -0.39 is 5.82 Å². The van der Waals surface area contributed by atoms with E-state index in [0.29, 0.717) is 11.9 Å². The molecule has 1 aliphatic rings. The normalized spacial score (nSPS) is 23.4. The molecule has 1 fully saturated rings. The smallest absolute Gasteiger partial charge is 0.144 e. The molecule has 1 saturated carbocycles. The second kappa shape index (κ2) is 6.13. The summed E-state index contributed by atoms with van der Waals surface area (Å²) < 4.78 is 16.0. The Labute approximate surface area is 134 Å². The Kier molecular flexibility index (Phi) is 4.41. The Hall–Kier alpha value is -0.800. The van der Waals surface area contributed by atoms with E-state index in [1.54, 1.807) is 6.07 Å². The van der Waals surface area contributed by atoms with Gasteiger partial charge in [0.05, 0.1) is 21.9 Å². The molecule has 0 bridgehead atoms. The van der Waals surface area contributed by atoms with Gasteiger partial charge in [-0.15, -0.1) is 11.6 Å². The molecule has 21 heavy (non-hydrogen) atoms. The molecule has 0 N–H and O–H groups in total. The van der Waals surface area contributed by atoms with Gasteiger partial charge in [0.15, 0.2) is 0 Å². The summed E-state index contributed by atoms with van der Waals surface area (Å²) in [6.07, 6.45) is 5.86. The maximum Gasteiger partial charge on any atom is 0.144 e. The Morgan fingerprint density at radius 2 is 2.10 bits per heavy atom. The van der Waals surface area contributed by atoms with Gasteiger partial charge in [0, 0.05) is 12.1 Å². The molecule has 1 heterocycles. The molecular weight excluding hydrogens is 310 g/mol. The fourth-order valence-corrected chi connectivity index (χ4v) is 3.71. The third-order valence-electron chi connectivity index (χ3n) is 4.52. The number of alkyl halides is 1. The van der Waals surface area contributed by atoms with Crippen LogP contribution in [0, 0.1) is 11.7 Å². The van der Waals surface area contributed by atoms with Crippen LogP contribution in [0.5, 0.6) is 0 Å². The average molecular weight is 329 g/mol. The maximum absolute atomic E-state index is 13.8. The van der Waals surface area contributed by atoms with Gasteiger partial charge in [-0.05, 0) is 31.2 Å². The Bertz CT molecular complexity index is 653. The largest absolute Gasteiger partial charge is 0.324 e. The topological polar surface area (TPSA) is 17.8 Å². The van der Waals surface area contributed by atoms with Crippen LogP contribution in [0.2, 0.25) is 5.02 Å². The van der Waals surface area contributed by atoms with Crippen LogP contribution in [-0.2, 0) is 5.88 Å². The van der Waals surface area contributed by atoms with Crippen molar-refractivity contribution in [2.45, 2.75) is 50.9 Å². The summed E-state index contributed by atoms with van der Waals surface area (Å²) in [6.45, 7) is 2.30. The van der Waals surface area contributed by atoms with Crippen LogP contribution in [0.4, 0.5) is 4.39 Å². The number of nitrogens with zero attached hydrogens (tertiary/aromatic N) is 2. The van der Waals surface area contributed by atoms with E-state index in [1.165, 1.54) is 25.3 Å². The third kappa shape index (κ3) is 2.91. The standard InChI is InChI=1S/C16H19Cl2FN2/c1-10-3-2-4-11(6-5-10)21-15-8-13(19)12(18)7-14(15)20-16(21)9-17/h7-8,10-11H,2-6,9H2,1H3. The van der Waals surface area contributed by atoms with Crippen molar-refractivity contribution in [2.24, 2.45) is 5.92 Å². The van der Waals surface area contributed by atoms with E-state index in [4.69, 9.17) is 23.2 Å². The lowest BCUT2D eigenvalue weighted by molar-refractivity contribution is 0.433. The SMILES string of the molecule is CC1CCCC(n2c(CCl)nc3cc(Cl)c(F)cc32)CC1. The van der Waals surface area contributed by atoms with Crippen LogP contribution < -0.4 is 0 Å². The van der Waals surface area contributed by atoms with E-state index in [9.17, 15) is 4.39 Å². The minimum Gasteiger partial charge on any atom is -0.324 e. The van der Waals surface area contributed by atoms with Crippen molar-refractivity contribution in [3.05, 3.63) is 28.8 Å². The van der Waals surface area contributed by atoms with Gasteiger partial charge in [0.2, 0.25) is 0 Å². The van der Waals surface area contributed by atoms with E-state index >= 15 is 0 Å². The van der Waals surface area contributed by atoms with E-state index in [1.807, 2.05) is 0 Å². The first-order valence-corrected chi connectivity index (χ1v) is 8.43. The number of imidazole rings is 1. The van der Waals surface area contributed by atoms with Crippen LogP contribution in [0.3, 0.4) is 0 Å². The second-order valence-corrected chi connectivity index (χ2v) is 6.73. The molecule has 0 spiro atoms. The number of rotatable bonds is 2. The summed E-state index contributed by atoms with van der Waals surface area (Å²) >= 11 is 11.9. The molecule has 2 aromatic rings. The van der Waals surface area contributed by atoms with E-state index in [-0.39, 0.29) is 5.02 Å².